The SMILES string of the molecule is O=C(NC1CCCCCC1)C1=CCN(Cc2ccccc2)CC1. The normalized spacial score (nSPS) is 20.6. The Morgan fingerprint density at radius 3 is 2.48 bits per heavy atom. The molecule has 1 heterocycles. The number of carbonyl (C=O) groups is 1. The van der Waals surface area contributed by atoms with Gasteiger partial charge in [-0.1, -0.05) is 62.1 Å². The van der Waals surface area contributed by atoms with Crippen LogP contribution in [0.25, 0.3) is 0 Å². The second-order valence-corrected chi connectivity index (χ2v) is 6.86. The maximum absolute atomic E-state index is 12.4. The molecule has 0 spiro atoms. The zero-order valence-electron chi connectivity index (χ0n) is 14.0. The van der Waals surface area contributed by atoms with Crippen molar-refractivity contribution in [2.45, 2.75) is 57.5 Å². The molecule has 0 bridgehead atoms. The summed E-state index contributed by atoms with van der Waals surface area (Å²) in [5, 5.41) is 3.27. The van der Waals surface area contributed by atoms with Crippen LogP contribution in [0, 0.1) is 0 Å². The Kier molecular flexibility index (Phi) is 5.87. The van der Waals surface area contributed by atoms with E-state index < -0.39 is 0 Å². The van der Waals surface area contributed by atoms with Crippen LogP contribution in [-0.4, -0.2) is 29.9 Å². The van der Waals surface area contributed by atoms with Gasteiger partial charge >= 0.3 is 0 Å². The van der Waals surface area contributed by atoms with E-state index >= 15 is 0 Å². The highest BCUT2D eigenvalue weighted by Gasteiger charge is 2.20. The summed E-state index contributed by atoms with van der Waals surface area (Å²) in [6, 6.07) is 10.9. The molecule has 0 aromatic heterocycles. The summed E-state index contributed by atoms with van der Waals surface area (Å²) in [7, 11) is 0. The highest BCUT2D eigenvalue weighted by atomic mass is 16.1. The fourth-order valence-corrected chi connectivity index (χ4v) is 3.60. The first kappa shape index (κ1) is 16.3. The summed E-state index contributed by atoms with van der Waals surface area (Å²) in [5.74, 6) is 0.177. The van der Waals surface area contributed by atoms with Crippen molar-refractivity contribution in [2.24, 2.45) is 0 Å². The molecular weight excluding hydrogens is 284 g/mol. The molecule has 3 nitrogen and oxygen atoms in total. The predicted octanol–water partition coefficient (Wildman–Crippen LogP) is 3.66. The van der Waals surface area contributed by atoms with E-state index in [1.807, 2.05) is 0 Å². The number of hydrogen-bond donors (Lipinski definition) is 1. The van der Waals surface area contributed by atoms with Gasteiger partial charge in [0.15, 0.2) is 0 Å². The lowest BCUT2D eigenvalue weighted by molar-refractivity contribution is -0.118. The smallest absolute Gasteiger partial charge is 0.247 e. The molecule has 23 heavy (non-hydrogen) atoms. The number of rotatable bonds is 4. The Balaban J connectivity index is 1.48. The molecule has 3 heteroatoms. The van der Waals surface area contributed by atoms with Crippen LogP contribution in [-0.2, 0) is 11.3 Å². The first-order chi connectivity index (χ1) is 11.3. The van der Waals surface area contributed by atoms with Crippen molar-refractivity contribution in [1.82, 2.24) is 10.2 Å². The van der Waals surface area contributed by atoms with Gasteiger partial charge in [-0.15, -0.1) is 0 Å². The number of nitrogens with one attached hydrogen (secondary N) is 1. The van der Waals surface area contributed by atoms with Gasteiger partial charge in [-0.05, 0) is 24.8 Å². The second-order valence-electron chi connectivity index (χ2n) is 6.86. The maximum Gasteiger partial charge on any atom is 0.247 e. The Morgan fingerprint density at radius 1 is 1.09 bits per heavy atom. The number of nitrogens with zero attached hydrogens (tertiary/aromatic N) is 1. The zero-order chi connectivity index (χ0) is 15.9. The van der Waals surface area contributed by atoms with Gasteiger partial charge in [-0.3, -0.25) is 9.69 Å². The summed E-state index contributed by atoms with van der Waals surface area (Å²) in [4.78, 5) is 14.8. The molecule has 1 saturated carbocycles. The molecule has 1 aliphatic carbocycles. The van der Waals surface area contributed by atoms with Crippen molar-refractivity contribution in [3.05, 3.63) is 47.5 Å². The fraction of sp³-hybridized carbons (Fsp3) is 0.550. The average molecular weight is 312 g/mol. The monoisotopic (exact) mass is 312 g/mol. The maximum atomic E-state index is 12.4. The first-order valence-electron chi connectivity index (χ1n) is 9.07. The lowest BCUT2D eigenvalue weighted by Crippen LogP contribution is -2.38. The van der Waals surface area contributed by atoms with Gasteiger partial charge in [0.25, 0.3) is 0 Å². The zero-order valence-corrected chi connectivity index (χ0v) is 14.0. The topological polar surface area (TPSA) is 32.3 Å². The lowest BCUT2D eigenvalue weighted by atomic mass is 10.0. The molecule has 0 saturated heterocycles. The average Bonchev–Trinajstić information content (AvgIpc) is 2.85. The summed E-state index contributed by atoms with van der Waals surface area (Å²) in [6.45, 7) is 2.82. The van der Waals surface area contributed by atoms with Crippen molar-refractivity contribution < 1.29 is 4.79 Å². The van der Waals surface area contributed by atoms with Crippen LogP contribution in [0.2, 0.25) is 0 Å². The Morgan fingerprint density at radius 2 is 1.83 bits per heavy atom. The van der Waals surface area contributed by atoms with Crippen LogP contribution in [0.3, 0.4) is 0 Å². The minimum atomic E-state index is 0.177. The molecular formula is C20H28N2O. The highest BCUT2D eigenvalue weighted by molar-refractivity contribution is 5.93. The molecule has 0 unspecified atom stereocenters. The van der Waals surface area contributed by atoms with Gasteiger partial charge in [-0.2, -0.15) is 0 Å². The van der Waals surface area contributed by atoms with Crippen molar-refractivity contribution in [2.75, 3.05) is 13.1 Å². The molecule has 1 N–H and O–H groups in total. The fourth-order valence-electron chi connectivity index (χ4n) is 3.60. The quantitative estimate of drug-likeness (QED) is 0.861. The van der Waals surface area contributed by atoms with E-state index in [1.54, 1.807) is 0 Å². The van der Waals surface area contributed by atoms with Crippen molar-refractivity contribution >= 4 is 5.91 Å². The van der Waals surface area contributed by atoms with Gasteiger partial charge < -0.3 is 5.32 Å². The molecule has 3 rings (SSSR count). The van der Waals surface area contributed by atoms with Gasteiger partial charge in [0, 0.05) is 31.2 Å². The predicted molar refractivity (Wildman–Crippen MR) is 94.1 cm³/mol. The Labute approximate surface area is 139 Å². The standard InChI is InChI=1S/C20H28N2O/c23-20(21-19-10-6-1-2-7-11-19)18-12-14-22(15-13-18)16-17-8-4-3-5-9-17/h3-5,8-9,12,19H,1-2,6-7,10-11,13-16H2,(H,21,23). The van der Waals surface area contributed by atoms with E-state index in [2.05, 4.69) is 46.6 Å². The van der Waals surface area contributed by atoms with Crippen molar-refractivity contribution in [3.63, 3.8) is 0 Å². The van der Waals surface area contributed by atoms with E-state index in [9.17, 15) is 4.79 Å². The Bertz CT molecular complexity index is 530. The Hall–Kier alpha value is -1.61. The first-order valence-corrected chi connectivity index (χ1v) is 9.07. The summed E-state index contributed by atoms with van der Waals surface area (Å²) in [6.07, 6.45) is 10.5. The van der Waals surface area contributed by atoms with Gasteiger partial charge in [0.05, 0.1) is 0 Å². The number of carbonyl (C=O) groups excluding carboxylic acids is 1. The van der Waals surface area contributed by atoms with Crippen LogP contribution in [0.1, 0.15) is 50.5 Å². The van der Waals surface area contributed by atoms with Crippen molar-refractivity contribution in [3.8, 4) is 0 Å². The van der Waals surface area contributed by atoms with Crippen molar-refractivity contribution in [1.29, 1.82) is 0 Å². The van der Waals surface area contributed by atoms with E-state index in [1.165, 1.54) is 31.2 Å². The molecule has 1 fully saturated rings. The summed E-state index contributed by atoms with van der Waals surface area (Å²) in [5.41, 5.74) is 2.32. The third-order valence-corrected chi connectivity index (χ3v) is 5.02. The molecule has 1 amide bonds. The molecule has 0 radical (unpaired) electrons. The number of hydrogen-bond acceptors (Lipinski definition) is 2. The lowest BCUT2D eigenvalue weighted by Gasteiger charge is -2.27. The molecule has 0 atom stereocenters. The molecule has 1 aliphatic heterocycles. The molecule has 1 aromatic rings. The highest BCUT2D eigenvalue weighted by Crippen LogP contribution is 2.19. The minimum Gasteiger partial charge on any atom is -0.350 e. The number of benzene rings is 1. The van der Waals surface area contributed by atoms with Crippen LogP contribution in [0.5, 0.6) is 0 Å². The van der Waals surface area contributed by atoms with Crippen LogP contribution < -0.4 is 5.32 Å². The second kappa shape index (κ2) is 8.30. The van der Waals surface area contributed by atoms with Crippen LogP contribution in [0.15, 0.2) is 42.0 Å². The summed E-state index contributed by atoms with van der Waals surface area (Å²) >= 11 is 0. The van der Waals surface area contributed by atoms with Gasteiger partial charge in [0.2, 0.25) is 5.91 Å². The number of amides is 1. The van der Waals surface area contributed by atoms with Crippen LogP contribution in [0.4, 0.5) is 0 Å². The van der Waals surface area contributed by atoms with E-state index in [4.69, 9.17) is 0 Å². The van der Waals surface area contributed by atoms with E-state index in [0.29, 0.717) is 6.04 Å². The molecule has 124 valence electrons. The minimum absolute atomic E-state index is 0.177. The van der Waals surface area contributed by atoms with Crippen LogP contribution >= 0.6 is 0 Å². The molecule has 1 aromatic carbocycles. The summed E-state index contributed by atoms with van der Waals surface area (Å²) < 4.78 is 0. The van der Waals surface area contributed by atoms with Gasteiger partial charge in [-0.25, -0.2) is 0 Å². The third-order valence-electron chi connectivity index (χ3n) is 5.02. The largest absolute Gasteiger partial charge is 0.350 e. The van der Waals surface area contributed by atoms with E-state index in [0.717, 1.165) is 44.5 Å². The van der Waals surface area contributed by atoms with E-state index in [-0.39, 0.29) is 5.91 Å². The van der Waals surface area contributed by atoms with Gasteiger partial charge in [0.1, 0.15) is 0 Å². The third kappa shape index (κ3) is 4.93. The molecule has 2 aliphatic rings.